The van der Waals surface area contributed by atoms with E-state index in [0.29, 0.717) is 5.16 Å². The second-order valence-corrected chi connectivity index (χ2v) is 9.49. The topological polar surface area (TPSA) is 64.0 Å². The Hall–Kier alpha value is -2.12. The minimum atomic E-state index is -0.367. The molecule has 1 aliphatic carbocycles. The van der Waals surface area contributed by atoms with E-state index in [1.54, 1.807) is 23.0 Å². The third-order valence-electron chi connectivity index (χ3n) is 5.19. The van der Waals surface area contributed by atoms with Crippen LogP contribution in [0.4, 0.5) is 5.69 Å². The lowest BCUT2D eigenvalue weighted by Crippen LogP contribution is -2.25. The van der Waals surface area contributed by atoms with Crippen molar-refractivity contribution in [1.29, 1.82) is 0 Å². The van der Waals surface area contributed by atoms with Crippen LogP contribution in [0.1, 0.15) is 36.3 Å². The summed E-state index contributed by atoms with van der Waals surface area (Å²) >= 11 is 2.95. The van der Waals surface area contributed by atoms with E-state index in [-0.39, 0.29) is 16.7 Å². The summed E-state index contributed by atoms with van der Waals surface area (Å²) < 4.78 is 1.58. The summed E-state index contributed by atoms with van der Waals surface area (Å²) in [6.07, 6.45) is 4.09. The summed E-state index contributed by atoms with van der Waals surface area (Å²) in [6, 6.07) is 7.87. The largest absolute Gasteiger partial charge is 0.325 e. The molecule has 28 heavy (non-hydrogen) atoms. The minimum absolute atomic E-state index is 0.00494. The van der Waals surface area contributed by atoms with Gasteiger partial charge in [-0.3, -0.25) is 14.2 Å². The second-order valence-electron chi connectivity index (χ2n) is 7.10. The third kappa shape index (κ3) is 3.49. The molecule has 1 N–H and O–H groups in total. The van der Waals surface area contributed by atoms with Gasteiger partial charge in [0.25, 0.3) is 5.56 Å². The fraction of sp³-hybridized carbons (Fsp3) is 0.381. The van der Waals surface area contributed by atoms with Crippen LogP contribution in [-0.2, 0) is 31.1 Å². The Balaban J connectivity index is 1.54. The van der Waals surface area contributed by atoms with E-state index in [2.05, 4.69) is 12.2 Å². The lowest BCUT2D eigenvalue weighted by molar-refractivity contribution is -0.115. The van der Waals surface area contributed by atoms with E-state index < -0.39 is 0 Å². The molecule has 0 radical (unpaired) electrons. The monoisotopic (exact) mass is 413 g/mol. The van der Waals surface area contributed by atoms with Crippen molar-refractivity contribution in [1.82, 2.24) is 9.55 Å². The first kappa shape index (κ1) is 19.2. The second kappa shape index (κ2) is 7.72. The maximum Gasteiger partial charge on any atom is 0.262 e. The first-order valence-electron chi connectivity index (χ1n) is 9.55. The molecule has 0 saturated carbocycles. The standard InChI is InChI=1S/C21H23N3O2S2/c1-4-13-8-10-14(11-9-13)22-18(25)12(2)27-21-23-19-17(20(26)24(21)3)15-6-5-7-16(15)28-19/h8-12H,4-7H2,1-3H3,(H,22,25)/t12-/m1/s1. The number of carbonyl (C=O) groups excluding carboxylic acids is 1. The van der Waals surface area contributed by atoms with Gasteiger partial charge in [-0.2, -0.15) is 0 Å². The fourth-order valence-corrected chi connectivity index (χ4v) is 5.67. The molecule has 5 nitrogen and oxygen atoms in total. The number of nitrogens with zero attached hydrogens (tertiary/aromatic N) is 2. The van der Waals surface area contributed by atoms with E-state index in [1.807, 2.05) is 31.2 Å². The molecule has 0 fully saturated rings. The zero-order valence-corrected chi connectivity index (χ0v) is 17.9. The van der Waals surface area contributed by atoms with Gasteiger partial charge in [0.05, 0.1) is 10.6 Å². The van der Waals surface area contributed by atoms with Gasteiger partial charge in [-0.25, -0.2) is 4.98 Å². The van der Waals surface area contributed by atoms with Gasteiger partial charge in [0, 0.05) is 17.6 Å². The Bertz CT molecular complexity index is 1100. The number of hydrogen-bond donors (Lipinski definition) is 1. The van der Waals surface area contributed by atoms with Crippen molar-refractivity contribution < 1.29 is 4.79 Å². The lowest BCUT2D eigenvalue weighted by Gasteiger charge is -2.14. The Morgan fingerprint density at radius 2 is 2.07 bits per heavy atom. The molecule has 0 unspecified atom stereocenters. The summed E-state index contributed by atoms with van der Waals surface area (Å²) in [6.45, 7) is 3.94. The van der Waals surface area contributed by atoms with E-state index in [9.17, 15) is 9.59 Å². The van der Waals surface area contributed by atoms with Crippen molar-refractivity contribution in [2.45, 2.75) is 49.9 Å². The normalized spacial score (nSPS) is 14.2. The number of thioether (sulfide) groups is 1. The van der Waals surface area contributed by atoms with Crippen molar-refractivity contribution >= 4 is 44.9 Å². The molecule has 7 heteroatoms. The molecule has 3 aromatic rings. The van der Waals surface area contributed by atoms with Crippen molar-refractivity contribution in [2.75, 3.05) is 5.32 Å². The predicted molar refractivity (Wildman–Crippen MR) is 117 cm³/mol. The maximum absolute atomic E-state index is 12.9. The zero-order valence-electron chi connectivity index (χ0n) is 16.2. The third-order valence-corrected chi connectivity index (χ3v) is 7.52. The number of benzene rings is 1. The molecular formula is C21H23N3O2S2. The molecule has 0 bridgehead atoms. The van der Waals surface area contributed by atoms with Crippen LogP contribution in [0.5, 0.6) is 0 Å². The highest BCUT2D eigenvalue weighted by atomic mass is 32.2. The van der Waals surface area contributed by atoms with E-state index in [4.69, 9.17) is 4.98 Å². The smallest absolute Gasteiger partial charge is 0.262 e. The average Bonchev–Trinajstić information content (AvgIpc) is 3.27. The number of aryl methyl sites for hydroxylation is 3. The molecule has 1 amide bonds. The van der Waals surface area contributed by atoms with Gasteiger partial charge in [-0.1, -0.05) is 30.8 Å². The highest BCUT2D eigenvalue weighted by Crippen LogP contribution is 2.35. The molecule has 4 rings (SSSR count). The van der Waals surface area contributed by atoms with Gasteiger partial charge in [0.15, 0.2) is 5.16 Å². The van der Waals surface area contributed by atoms with Crippen LogP contribution < -0.4 is 10.9 Å². The lowest BCUT2D eigenvalue weighted by atomic mass is 10.1. The maximum atomic E-state index is 12.9. The van der Waals surface area contributed by atoms with Crippen LogP contribution in [-0.4, -0.2) is 20.7 Å². The van der Waals surface area contributed by atoms with Gasteiger partial charge in [-0.05, 0) is 55.9 Å². The van der Waals surface area contributed by atoms with Gasteiger partial charge in [0.1, 0.15) is 4.83 Å². The van der Waals surface area contributed by atoms with Crippen molar-refractivity contribution in [2.24, 2.45) is 7.05 Å². The fourth-order valence-electron chi connectivity index (χ4n) is 3.49. The first-order chi connectivity index (χ1) is 13.5. The Labute approximate surface area is 172 Å². The SMILES string of the molecule is CCc1ccc(NC(=O)[C@@H](C)Sc2nc3sc4c(c3c(=O)n2C)CCC4)cc1. The summed E-state index contributed by atoms with van der Waals surface area (Å²) in [5, 5.41) is 3.94. The van der Waals surface area contributed by atoms with E-state index >= 15 is 0 Å². The van der Waals surface area contributed by atoms with Crippen LogP contribution in [0.2, 0.25) is 0 Å². The molecule has 146 valence electrons. The van der Waals surface area contributed by atoms with Gasteiger partial charge < -0.3 is 5.32 Å². The number of aromatic nitrogens is 2. The van der Waals surface area contributed by atoms with Gasteiger partial charge in [-0.15, -0.1) is 11.3 Å². The Morgan fingerprint density at radius 3 is 2.79 bits per heavy atom. The number of nitrogens with one attached hydrogen (secondary N) is 1. The van der Waals surface area contributed by atoms with Crippen LogP contribution in [0, 0.1) is 0 Å². The Morgan fingerprint density at radius 1 is 1.32 bits per heavy atom. The number of thiophene rings is 1. The first-order valence-corrected chi connectivity index (χ1v) is 11.2. The molecule has 0 spiro atoms. The van der Waals surface area contributed by atoms with Crippen LogP contribution in [0.25, 0.3) is 10.2 Å². The molecule has 0 saturated heterocycles. The molecule has 0 aliphatic heterocycles. The quantitative estimate of drug-likeness (QED) is 0.504. The number of fused-ring (bicyclic) bond motifs is 3. The van der Waals surface area contributed by atoms with Gasteiger partial charge >= 0.3 is 0 Å². The predicted octanol–water partition coefficient (Wildman–Crippen LogP) is 4.17. The van der Waals surface area contributed by atoms with E-state index in [0.717, 1.165) is 41.6 Å². The molecule has 1 aliphatic rings. The summed E-state index contributed by atoms with van der Waals surface area (Å²) in [7, 11) is 1.74. The average molecular weight is 414 g/mol. The summed E-state index contributed by atoms with van der Waals surface area (Å²) in [5.74, 6) is -0.0998. The highest BCUT2D eigenvalue weighted by molar-refractivity contribution is 8.00. The number of hydrogen-bond acceptors (Lipinski definition) is 5. The van der Waals surface area contributed by atoms with Crippen molar-refractivity contribution in [3.05, 3.63) is 50.6 Å². The molecule has 2 aromatic heterocycles. The van der Waals surface area contributed by atoms with Crippen LogP contribution in [0.3, 0.4) is 0 Å². The van der Waals surface area contributed by atoms with Crippen LogP contribution >= 0.6 is 23.1 Å². The minimum Gasteiger partial charge on any atom is -0.325 e. The van der Waals surface area contributed by atoms with Crippen molar-refractivity contribution in [3.63, 3.8) is 0 Å². The highest BCUT2D eigenvalue weighted by Gasteiger charge is 2.24. The van der Waals surface area contributed by atoms with E-state index in [1.165, 1.54) is 27.8 Å². The summed E-state index contributed by atoms with van der Waals surface area (Å²) in [4.78, 5) is 32.3. The number of carbonyl (C=O) groups is 1. The Kier molecular flexibility index (Phi) is 5.29. The molecule has 1 aromatic carbocycles. The molecule has 1 atom stereocenters. The molecular weight excluding hydrogens is 390 g/mol. The van der Waals surface area contributed by atoms with Crippen molar-refractivity contribution in [3.8, 4) is 0 Å². The number of rotatable bonds is 5. The van der Waals surface area contributed by atoms with Crippen LogP contribution in [0.15, 0.2) is 34.2 Å². The summed E-state index contributed by atoms with van der Waals surface area (Å²) in [5.41, 5.74) is 3.19. The number of anilines is 1. The molecule has 2 heterocycles. The van der Waals surface area contributed by atoms with Gasteiger partial charge in [0.2, 0.25) is 5.91 Å². The zero-order chi connectivity index (χ0) is 19.8. The number of amides is 1.